The molecule has 0 N–H and O–H groups in total. The lowest BCUT2D eigenvalue weighted by molar-refractivity contribution is 0.0492. The molecule has 5 nitrogen and oxygen atoms in total. The number of methoxy groups -OCH3 is 1. The third-order valence-corrected chi connectivity index (χ3v) is 3.43. The molecule has 2 aromatic heterocycles. The highest BCUT2D eigenvalue weighted by atomic mass is 35.5. The molecule has 0 aliphatic heterocycles. The molecule has 0 amide bonds. The fourth-order valence-electron chi connectivity index (χ4n) is 2.38. The van der Waals surface area contributed by atoms with Crippen LogP contribution in [-0.4, -0.2) is 28.7 Å². The van der Waals surface area contributed by atoms with Crippen LogP contribution in [0.2, 0.25) is 5.02 Å². The third-order valence-electron chi connectivity index (χ3n) is 3.19. The molecular weight excluding hydrogens is 278 g/mol. The van der Waals surface area contributed by atoms with Crippen LogP contribution >= 0.6 is 11.6 Å². The summed E-state index contributed by atoms with van der Waals surface area (Å²) in [5.41, 5.74) is 1.71. The number of halogens is 1. The van der Waals surface area contributed by atoms with Gasteiger partial charge in [-0.3, -0.25) is 4.68 Å². The summed E-state index contributed by atoms with van der Waals surface area (Å²) in [5, 5.41) is 7.96. The van der Waals surface area contributed by atoms with Gasteiger partial charge in [0.15, 0.2) is 12.4 Å². The highest BCUT2D eigenvalue weighted by Crippen LogP contribution is 2.33. The first kappa shape index (κ1) is 13.1. The maximum absolute atomic E-state index is 6.09. The van der Waals surface area contributed by atoms with Crippen LogP contribution in [0.5, 0.6) is 5.88 Å². The first-order valence-corrected chi connectivity index (χ1v) is 6.54. The Bertz CT molecular complexity index is 798. The Balaban J connectivity index is 2.40. The fraction of sp³-hybridized carbons (Fsp3) is 0.286. The van der Waals surface area contributed by atoms with Crippen LogP contribution in [0.3, 0.4) is 0 Å². The highest BCUT2D eigenvalue weighted by molar-refractivity contribution is 6.31. The zero-order valence-electron chi connectivity index (χ0n) is 11.5. The zero-order valence-corrected chi connectivity index (χ0v) is 12.2. The van der Waals surface area contributed by atoms with Crippen LogP contribution < -0.4 is 4.74 Å². The topological polar surface area (TPSA) is 49.2 Å². The molecule has 0 radical (unpaired) electrons. The summed E-state index contributed by atoms with van der Waals surface area (Å²) >= 11 is 6.09. The number of hydrogen-bond donors (Lipinski definition) is 0. The van der Waals surface area contributed by atoms with Gasteiger partial charge in [0.25, 0.3) is 0 Å². The van der Waals surface area contributed by atoms with E-state index in [0.29, 0.717) is 10.9 Å². The molecule has 0 bridgehead atoms. The minimum absolute atomic E-state index is 0.136. The average molecular weight is 292 g/mol. The number of benzene rings is 1. The number of ether oxygens (including phenoxy) is 2. The van der Waals surface area contributed by atoms with Crippen molar-refractivity contribution in [2.24, 2.45) is 7.05 Å². The maximum atomic E-state index is 6.09. The minimum atomic E-state index is 0.136. The Morgan fingerprint density at radius 2 is 2.10 bits per heavy atom. The van der Waals surface area contributed by atoms with Crippen molar-refractivity contribution in [3.8, 4) is 5.88 Å². The van der Waals surface area contributed by atoms with E-state index in [1.807, 2.05) is 32.2 Å². The SMILES string of the molecule is COCOc1nc2c(c(C)nn2C)c2ccc(Cl)cc12. The van der Waals surface area contributed by atoms with E-state index in [2.05, 4.69) is 10.1 Å². The summed E-state index contributed by atoms with van der Waals surface area (Å²) in [6.07, 6.45) is 0. The van der Waals surface area contributed by atoms with E-state index < -0.39 is 0 Å². The summed E-state index contributed by atoms with van der Waals surface area (Å²) in [6, 6.07) is 5.67. The van der Waals surface area contributed by atoms with Crippen molar-refractivity contribution in [3.05, 3.63) is 28.9 Å². The van der Waals surface area contributed by atoms with Crippen LogP contribution in [0.1, 0.15) is 5.69 Å². The van der Waals surface area contributed by atoms with Crippen LogP contribution in [0.15, 0.2) is 18.2 Å². The number of aryl methyl sites for hydroxylation is 2. The number of aromatic nitrogens is 3. The summed E-state index contributed by atoms with van der Waals surface area (Å²) < 4.78 is 12.3. The van der Waals surface area contributed by atoms with E-state index in [1.54, 1.807) is 11.8 Å². The number of nitrogens with zero attached hydrogens (tertiary/aromatic N) is 3. The third kappa shape index (κ3) is 1.99. The standard InChI is InChI=1S/C14H14ClN3O2/c1-8-12-10-5-4-9(15)6-11(10)14(20-7-19-3)16-13(12)18(2)17-8/h4-6H,7H2,1-3H3. The number of hydrogen-bond acceptors (Lipinski definition) is 4. The van der Waals surface area contributed by atoms with Crippen molar-refractivity contribution in [1.29, 1.82) is 0 Å². The summed E-state index contributed by atoms with van der Waals surface area (Å²) in [6.45, 7) is 2.10. The average Bonchev–Trinajstić information content (AvgIpc) is 2.71. The Kier molecular flexibility index (Phi) is 3.23. The molecule has 0 aliphatic rings. The van der Waals surface area contributed by atoms with Crippen LogP contribution in [0.4, 0.5) is 0 Å². The van der Waals surface area contributed by atoms with E-state index in [0.717, 1.165) is 27.5 Å². The van der Waals surface area contributed by atoms with Crippen LogP contribution in [-0.2, 0) is 11.8 Å². The molecule has 0 atom stereocenters. The van der Waals surface area contributed by atoms with Gasteiger partial charge >= 0.3 is 0 Å². The largest absolute Gasteiger partial charge is 0.450 e. The van der Waals surface area contributed by atoms with Crippen LogP contribution in [0.25, 0.3) is 21.8 Å². The molecule has 20 heavy (non-hydrogen) atoms. The summed E-state index contributed by atoms with van der Waals surface area (Å²) in [5.74, 6) is 0.500. The second-order valence-electron chi connectivity index (χ2n) is 4.57. The normalized spacial score (nSPS) is 11.4. The predicted molar refractivity (Wildman–Crippen MR) is 78.3 cm³/mol. The second-order valence-corrected chi connectivity index (χ2v) is 5.00. The first-order valence-electron chi connectivity index (χ1n) is 6.16. The van der Waals surface area contributed by atoms with Crippen molar-refractivity contribution >= 4 is 33.4 Å². The van der Waals surface area contributed by atoms with E-state index >= 15 is 0 Å². The fourth-order valence-corrected chi connectivity index (χ4v) is 2.55. The molecule has 6 heteroatoms. The molecule has 0 saturated heterocycles. The molecule has 3 rings (SSSR count). The molecule has 0 fully saturated rings. The minimum Gasteiger partial charge on any atom is -0.450 e. The highest BCUT2D eigenvalue weighted by Gasteiger charge is 2.15. The van der Waals surface area contributed by atoms with Crippen LogP contribution in [0, 0.1) is 6.92 Å². The van der Waals surface area contributed by atoms with Gasteiger partial charge in [0.05, 0.1) is 11.1 Å². The van der Waals surface area contributed by atoms with Gasteiger partial charge in [0, 0.05) is 30.0 Å². The Labute approximate surface area is 121 Å². The quantitative estimate of drug-likeness (QED) is 0.696. The first-order chi connectivity index (χ1) is 9.61. The van der Waals surface area contributed by atoms with Crippen molar-refractivity contribution < 1.29 is 9.47 Å². The van der Waals surface area contributed by atoms with E-state index in [4.69, 9.17) is 21.1 Å². The van der Waals surface area contributed by atoms with Crippen molar-refractivity contribution in [2.75, 3.05) is 13.9 Å². The molecular formula is C14H14ClN3O2. The number of fused-ring (bicyclic) bond motifs is 3. The van der Waals surface area contributed by atoms with E-state index in [9.17, 15) is 0 Å². The van der Waals surface area contributed by atoms with Gasteiger partial charge < -0.3 is 9.47 Å². The molecule has 0 unspecified atom stereocenters. The van der Waals surface area contributed by atoms with Gasteiger partial charge in [-0.15, -0.1) is 0 Å². The van der Waals surface area contributed by atoms with Crippen molar-refractivity contribution in [2.45, 2.75) is 6.92 Å². The van der Waals surface area contributed by atoms with E-state index in [1.165, 1.54) is 0 Å². The Morgan fingerprint density at radius 1 is 1.30 bits per heavy atom. The van der Waals surface area contributed by atoms with Gasteiger partial charge in [-0.2, -0.15) is 10.1 Å². The smallest absolute Gasteiger partial charge is 0.225 e. The van der Waals surface area contributed by atoms with Gasteiger partial charge in [0.1, 0.15) is 0 Å². The molecule has 2 heterocycles. The van der Waals surface area contributed by atoms with E-state index in [-0.39, 0.29) is 6.79 Å². The number of rotatable bonds is 3. The molecule has 1 aromatic carbocycles. The van der Waals surface area contributed by atoms with Crippen molar-refractivity contribution in [1.82, 2.24) is 14.8 Å². The summed E-state index contributed by atoms with van der Waals surface area (Å²) in [4.78, 5) is 4.54. The summed E-state index contributed by atoms with van der Waals surface area (Å²) in [7, 11) is 3.44. The maximum Gasteiger partial charge on any atom is 0.225 e. The molecule has 3 aromatic rings. The molecule has 104 valence electrons. The lowest BCUT2D eigenvalue weighted by Gasteiger charge is -2.09. The predicted octanol–water partition coefficient (Wildman–Crippen LogP) is 3.07. The van der Waals surface area contributed by atoms with Gasteiger partial charge in [0.2, 0.25) is 5.88 Å². The lowest BCUT2D eigenvalue weighted by Crippen LogP contribution is -2.02. The molecule has 0 saturated carbocycles. The monoisotopic (exact) mass is 291 g/mol. The van der Waals surface area contributed by atoms with Gasteiger partial charge in [-0.25, -0.2) is 0 Å². The number of pyridine rings is 1. The Morgan fingerprint density at radius 3 is 2.85 bits per heavy atom. The van der Waals surface area contributed by atoms with Gasteiger partial charge in [-0.1, -0.05) is 17.7 Å². The lowest BCUT2D eigenvalue weighted by atomic mass is 10.1. The second kappa shape index (κ2) is 4.92. The van der Waals surface area contributed by atoms with Gasteiger partial charge in [-0.05, 0) is 19.1 Å². The zero-order chi connectivity index (χ0) is 14.3. The molecule has 0 spiro atoms. The molecule has 0 aliphatic carbocycles. The Hall–Kier alpha value is -1.85. The van der Waals surface area contributed by atoms with Crippen molar-refractivity contribution in [3.63, 3.8) is 0 Å².